The molecule has 1 aliphatic heterocycles. The number of benzene rings is 2. The van der Waals surface area contributed by atoms with Gasteiger partial charge < -0.3 is 0 Å². The van der Waals surface area contributed by atoms with Gasteiger partial charge in [-0.15, -0.1) is 11.8 Å². The zero-order valence-electron chi connectivity index (χ0n) is 13.6. The Labute approximate surface area is 159 Å². The van der Waals surface area contributed by atoms with Crippen LogP contribution in [0.2, 0.25) is 5.02 Å². The standard InChI is InChI=1S/C19H14ClN3O2S/c20-12-6-7-14-15(8-9-21-16(14)10-12)22-23-18(24)11-17(19(23)25)26-13-4-2-1-3-5-13/h1-10,17H,11H2,(H,21,22). The first-order chi connectivity index (χ1) is 12.6. The molecule has 0 aliphatic carbocycles. The molecule has 1 aliphatic rings. The summed E-state index contributed by atoms with van der Waals surface area (Å²) in [4.78, 5) is 30.3. The maximum atomic E-state index is 12.7. The molecule has 2 aromatic carbocycles. The van der Waals surface area contributed by atoms with Crippen LogP contribution in [0.15, 0.2) is 65.7 Å². The SMILES string of the molecule is O=C1CC(Sc2ccccc2)C(=O)N1Nc1ccnc2cc(Cl)ccc12. The molecule has 0 saturated carbocycles. The van der Waals surface area contributed by atoms with Crippen molar-refractivity contribution in [3.05, 3.63) is 65.8 Å². The second kappa shape index (κ2) is 6.97. The third-order valence-electron chi connectivity index (χ3n) is 4.06. The number of carbonyl (C=O) groups excluding carboxylic acids is 2. The van der Waals surface area contributed by atoms with E-state index in [1.54, 1.807) is 24.4 Å². The van der Waals surface area contributed by atoms with Gasteiger partial charge in [0.05, 0.1) is 22.9 Å². The molecule has 7 heteroatoms. The van der Waals surface area contributed by atoms with E-state index in [2.05, 4.69) is 10.4 Å². The van der Waals surface area contributed by atoms with E-state index in [0.29, 0.717) is 16.2 Å². The van der Waals surface area contributed by atoms with E-state index in [1.807, 2.05) is 36.4 Å². The minimum absolute atomic E-state index is 0.167. The molecule has 1 saturated heterocycles. The smallest absolute Gasteiger partial charge is 0.262 e. The van der Waals surface area contributed by atoms with Crippen LogP contribution in [0, 0.1) is 0 Å². The largest absolute Gasteiger partial charge is 0.288 e. The van der Waals surface area contributed by atoms with Crippen molar-refractivity contribution >= 4 is 51.8 Å². The first kappa shape index (κ1) is 16.9. The molecule has 4 rings (SSSR count). The fourth-order valence-electron chi connectivity index (χ4n) is 2.82. The average Bonchev–Trinajstić information content (AvgIpc) is 2.90. The van der Waals surface area contributed by atoms with Crippen molar-refractivity contribution in [3.63, 3.8) is 0 Å². The number of rotatable bonds is 4. The van der Waals surface area contributed by atoms with Gasteiger partial charge in [0.15, 0.2) is 0 Å². The number of imide groups is 1. The summed E-state index contributed by atoms with van der Waals surface area (Å²) in [6.07, 6.45) is 1.78. The van der Waals surface area contributed by atoms with Gasteiger partial charge in [0.2, 0.25) is 5.91 Å². The third-order valence-corrected chi connectivity index (χ3v) is 5.50. The molecule has 0 spiro atoms. The highest BCUT2D eigenvalue weighted by molar-refractivity contribution is 8.00. The Morgan fingerprint density at radius 2 is 1.92 bits per heavy atom. The van der Waals surface area contributed by atoms with Crippen LogP contribution < -0.4 is 5.43 Å². The zero-order chi connectivity index (χ0) is 18.1. The lowest BCUT2D eigenvalue weighted by molar-refractivity contribution is -0.136. The number of hydrazine groups is 1. The lowest BCUT2D eigenvalue weighted by Crippen LogP contribution is -2.36. The van der Waals surface area contributed by atoms with Crippen LogP contribution in [0.1, 0.15) is 6.42 Å². The Morgan fingerprint density at radius 3 is 2.73 bits per heavy atom. The summed E-state index contributed by atoms with van der Waals surface area (Å²) >= 11 is 7.40. The van der Waals surface area contributed by atoms with Gasteiger partial charge in [-0.2, -0.15) is 5.01 Å². The van der Waals surface area contributed by atoms with Crippen LogP contribution in [-0.4, -0.2) is 27.1 Å². The highest BCUT2D eigenvalue weighted by Gasteiger charge is 2.39. The number of thioether (sulfide) groups is 1. The molecule has 0 radical (unpaired) electrons. The van der Waals surface area contributed by atoms with E-state index < -0.39 is 5.25 Å². The van der Waals surface area contributed by atoms with Gasteiger partial charge in [-0.3, -0.25) is 20.0 Å². The van der Waals surface area contributed by atoms with Gasteiger partial charge in [0.25, 0.3) is 5.91 Å². The van der Waals surface area contributed by atoms with Gasteiger partial charge in [0, 0.05) is 21.5 Å². The number of carbonyl (C=O) groups is 2. The van der Waals surface area contributed by atoms with Crippen molar-refractivity contribution in [2.24, 2.45) is 0 Å². The maximum Gasteiger partial charge on any atom is 0.262 e. The van der Waals surface area contributed by atoms with Crippen molar-refractivity contribution in [1.82, 2.24) is 9.99 Å². The van der Waals surface area contributed by atoms with E-state index in [0.717, 1.165) is 15.3 Å². The van der Waals surface area contributed by atoms with Crippen molar-refractivity contribution in [2.75, 3.05) is 5.43 Å². The summed E-state index contributed by atoms with van der Waals surface area (Å²) in [6, 6.07) is 16.6. The molecule has 1 fully saturated rings. The monoisotopic (exact) mass is 383 g/mol. The Bertz CT molecular complexity index is 997. The van der Waals surface area contributed by atoms with Crippen molar-refractivity contribution in [2.45, 2.75) is 16.6 Å². The van der Waals surface area contributed by atoms with Crippen molar-refractivity contribution in [1.29, 1.82) is 0 Å². The lowest BCUT2D eigenvalue weighted by Gasteiger charge is -2.18. The number of halogens is 1. The molecule has 2 amide bonds. The molecule has 5 nitrogen and oxygen atoms in total. The normalized spacial score (nSPS) is 17.1. The minimum atomic E-state index is -0.431. The number of nitrogens with one attached hydrogen (secondary N) is 1. The fourth-order valence-corrected chi connectivity index (χ4v) is 4.06. The number of fused-ring (bicyclic) bond motifs is 1. The molecule has 2 heterocycles. The second-order valence-corrected chi connectivity index (χ2v) is 7.54. The van der Waals surface area contributed by atoms with Gasteiger partial charge in [0.1, 0.15) is 0 Å². The van der Waals surface area contributed by atoms with Crippen LogP contribution in [-0.2, 0) is 9.59 Å². The van der Waals surface area contributed by atoms with E-state index in [9.17, 15) is 9.59 Å². The summed E-state index contributed by atoms with van der Waals surface area (Å²) in [5.41, 5.74) is 4.29. The molecular formula is C19H14ClN3O2S. The summed E-state index contributed by atoms with van der Waals surface area (Å²) in [5.74, 6) is -0.495. The number of hydrogen-bond donors (Lipinski definition) is 1. The Kier molecular flexibility index (Phi) is 4.53. The van der Waals surface area contributed by atoms with E-state index in [1.165, 1.54) is 11.8 Å². The lowest BCUT2D eigenvalue weighted by atomic mass is 10.2. The van der Waals surface area contributed by atoms with E-state index in [-0.39, 0.29) is 18.2 Å². The molecule has 1 aromatic heterocycles. The number of hydrogen-bond acceptors (Lipinski definition) is 5. The Morgan fingerprint density at radius 1 is 1.12 bits per heavy atom. The zero-order valence-corrected chi connectivity index (χ0v) is 15.1. The molecule has 1 N–H and O–H groups in total. The van der Waals surface area contributed by atoms with Crippen LogP contribution in [0.25, 0.3) is 10.9 Å². The Hall–Kier alpha value is -2.57. The summed E-state index contributed by atoms with van der Waals surface area (Å²) in [5, 5.41) is 2.04. The quantitative estimate of drug-likeness (QED) is 0.686. The maximum absolute atomic E-state index is 12.7. The van der Waals surface area contributed by atoms with Crippen LogP contribution in [0.3, 0.4) is 0 Å². The Balaban J connectivity index is 1.57. The van der Waals surface area contributed by atoms with Crippen LogP contribution in [0.4, 0.5) is 5.69 Å². The van der Waals surface area contributed by atoms with Gasteiger partial charge >= 0.3 is 0 Å². The van der Waals surface area contributed by atoms with Gasteiger partial charge in [-0.1, -0.05) is 29.8 Å². The predicted molar refractivity (Wildman–Crippen MR) is 103 cm³/mol. The number of amides is 2. The fraction of sp³-hybridized carbons (Fsp3) is 0.105. The van der Waals surface area contributed by atoms with Crippen LogP contribution in [0.5, 0.6) is 0 Å². The van der Waals surface area contributed by atoms with E-state index >= 15 is 0 Å². The molecule has 130 valence electrons. The molecule has 26 heavy (non-hydrogen) atoms. The number of aromatic nitrogens is 1. The highest BCUT2D eigenvalue weighted by atomic mass is 35.5. The molecule has 3 aromatic rings. The van der Waals surface area contributed by atoms with Gasteiger partial charge in [-0.25, -0.2) is 0 Å². The van der Waals surface area contributed by atoms with E-state index in [4.69, 9.17) is 11.6 Å². The van der Waals surface area contributed by atoms with Crippen molar-refractivity contribution < 1.29 is 9.59 Å². The van der Waals surface area contributed by atoms with Gasteiger partial charge in [-0.05, 0) is 36.4 Å². The molecule has 1 unspecified atom stereocenters. The first-order valence-corrected chi connectivity index (χ1v) is 9.27. The summed E-state index contributed by atoms with van der Waals surface area (Å²) in [6.45, 7) is 0. The average molecular weight is 384 g/mol. The predicted octanol–water partition coefficient (Wildman–Crippen LogP) is 4.13. The minimum Gasteiger partial charge on any atom is -0.288 e. The first-order valence-electron chi connectivity index (χ1n) is 8.01. The number of pyridine rings is 1. The molecular weight excluding hydrogens is 370 g/mol. The second-order valence-electron chi connectivity index (χ2n) is 5.82. The molecule has 1 atom stereocenters. The number of anilines is 1. The summed E-state index contributed by atoms with van der Waals surface area (Å²) < 4.78 is 0. The van der Waals surface area contributed by atoms with Crippen molar-refractivity contribution in [3.8, 4) is 0 Å². The topological polar surface area (TPSA) is 62.3 Å². The summed E-state index contributed by atoms with van der Waals surface area (Å²) in [7, 11) is 0. The highest BCUT2D eigenvalue weighted by Crippen LogP contribution is 2.32. The molecule has 0 bridgehead atoms. The number of nitrogens with zero attached hydrogens (tertiary/aromatic N) is 2. The van der Waals surface area contributed by atoms with Crippen LogP contribution >= 0.6 is 23.4 Å². The third kappa shape index (κ3) is 3.25.